The lowest BCUT2D eigenvalue weighted by Crippen LogP contribution is -1.92. The molecule has 0 atom stereocenters. The van der Waals surface area contributed by atoms with E-state index in [0.29, 0.717) is 0 Å². The van der Waals surface area contributed by atoms with Crippen LogP contribution in [0.3, 0.4) is 0 Å². The lowest BCUT2D eigenvalue weighted by atomic mass is 9.86. The standard InChI is InChI=1S/C37H22N2S/c1-2-10-24-21-25(18-17-23(24)9-1)34-27-11-3-5-13-29(27)35(30-14-6-4-12-28(30)34)26-19-20-39-33(22-26)38-36-31-15-7-8-16-32(31)40-37(36)39/h1-22H. The highest BCUT2D eigenvalue weighted by Crippen LogP contribution is 2.44. The number of imidazole rings is 1. The van der Waals surface area contributed by atoms with E-state index in [2.05, 4.69) is 138 Å². The van der Waals surface area contributed by atoms with Crippen LogP contribution < -0.4 is 0 Å². The Bertz CT molecular complexity index is 2390. The molecule has 9 rings (SSSR count). The van der Waals surface area contributed by atoms with Crippen LogP contribution in [0.5, 0.6) is 0 Å². The maximum atomic E-state index is 5.12. The topological polar surface area (TPSA) is 17.3 Å². The second kappa shape index (κ2) is 8.25. The molecular formula is C37H22N2S. The van der Waals surface area contributed by atoms with E-state index < -0.39 is 0 Å². The van der Waals surface area contributed by atoms with Gasteiger partial charge in [-0.3, -0.25) is 4.40 Å². The average molecular weight is 527 g/mol. The SMILES string of the molecule is c1ccc2cc(-c3c4ccccc4c(-c4ccn5c(c4)nc4c6ccccc6sc45)c4ccccc34)ccc2c1. The van der Waals surface area contributed by atoms with Crippen LogP contribution in [0.4, 0.5) is 0 Å². The van der Waals surface area contributed by atoms with Crippen LogP contribution in [0.25, 0.3) is 80.7 Å². The summed E-state index contributed by atoms with van der Waals surface area (Å²) in [6.45, 7) is 0. The Kier molecular flexibility index (Phi) is 4.52. The largest absolute Gasteiger partial charge is 0.291 e. The van der Waals surface area contributed by atoms with Crippen LogP contribution in [0.15, 0.2) is 134 Å². The minimum Gasteiger partial charge on any atom is -0.291 e. The summed E-state index contributed by atoms with van der Waals surface area (Å²) < 4.78 is 3.51. The summed E-state index contributed by atoms with van der Waals surface area (Å²) in [5, 5.41) is 8.79. The third kappa shape index (κ3) is 3.07. The average Bonchev–Trinajstić information content (AvgIpc) is 3.55. The molecule has 3 heteroatoms. The van der Waals surface area contributed by atoms with Gasteiger partial charge < -0.3 is 0 Å². The van der Waals surface area contributed by atoms with Crippen molar-refractivity contribution in [2.45, 2.75) is 0 Å². The smallest absolute Gasteiger partial charge is 0.139 e. The van der Waals surface area contributed by atoms with Crippen LogP contribution in [0.1, 0.15) is 0 Å². The molecule has 0 bridgehead atoms. The van der Waals surface area contributed by atoms with E-state index >= 15 is 0 Å². The summed E-state index contributed by atoms with van der Waals surface area (Å²) >= 11 is 1.81. The molecular weight excluding hydrogens is 504 g/mol. The summed E-state index contributed by atoms with van der Waals surface area (Å²) in [7, 11) is 0. The number of hydrogen-bond acceptors (Lipinski definition) is 2. The van der Waals surface area contributed by atoms with Crippen molar-refractivity contribution in [3.05, 3.63) is 134 Å². The quantitative estimate of drug-likeness (QED) is 0.205. The van der Waals surface area contributed by atoms with Crippen LogP contribution in [0, 0.1) is 0 Å². The highest BCUT2D eigenvalue weighted by atomic mass is 32.1. The van der Waals surface area contributed by atoms with Crippen LogP contribution in [0.2, 0.25) is 0 Å². The van der Waals surface area contributed by atoms with Crippen molar-refractivity contribution in [1.29, 1.82) is 0 Å². The summed E-state index contributed by atoms with van der Waals surface area (Å²) in [5.41, 5.74) is 7.04. The first kappa shape index (κ1) is 21.9. The Morgan fingerprint density at radius 1 is 0.500 bits per heavy atom. The van der Waals surface area contributed by atoms with Crippen molar-refractivity contribution in [3.63, 3.8) is 0 Å². The van der Waals surface area contributed by atoms with Crippen molar-refractivity contribution >= 4 is 69.7 Å². The Hall–Kier alpha value is -4.99. The summed E-state index contributed by atoms with van der Waals surface area (Å²) in [6, 6.07) is 46.2. The first-order chi connectivity index (χ1) is 19.8. The van der Waals surface area contributed by atoms with E-state index in [1.165, 1.54) is 69.5 Å². The third-order valence-corrected chi connectivity index (χ3v) is 9.35. The van der Waals surface area contributed by atoms with E-state index in [4.69, 9.17) is 4.98 Å². The molecule has 0 fully saturated rings. The Labute approximate surface area is 234 Å². The van der Waals surface area contributed by atoms with Crippen molar-refractivity contribution < 1.29 is 0 Å². The monoisotopic (exact) mass is 526 g/mol. The van der Waals surface area contributed by atoms with Gasteiger partial charge in [-0.2, -0.15) is 0 Å². The minimum atomic E-state index is 0.983. The van der Waals surface area contributed by atoms with Crippen molar-refractivity contribution in [2.75, 3.05) is 0 Å². The van der Waals surface area contributed by atoms with Crippen LogP contribution >= 0.6 is 11.3 Å². The lowest BCUT2D eigenvalue weighted by molar-refractivity contribution is 1.24. The maximum absolute atomic E-state index is 5.12. The highest BCUT2D eigenvalue weighted by Gasteiger charge is 2.18. The van der Waals surface area contributed by atoms with Crippen LogP contribution in [-0.4, -0.2) is 9.38 Å². The number of hydrogen-bond donors (Lipinski definition) is 0. The summed E-state index contributed by atoms with van der Waals surface area (Å²) in [6.07, 6.45) is 2.19. The molecule has 6 aromatic carbocycles. The predicted molar refractivity (Wildman–Crippen MR) is 171 cm³/mol. The molecule has 0 aliphatic rings. The van der Waals surface area contributed by atoms with Gasteiger partial charge in [0.25, 0.3) is 0 Å². The predicted octanol–water partition coefficient (Wildman–Crippen LogP) is 10.5. The zero-order chi connectivity index (χ0) is 26.2. The normalized spacial score (nSPS) is 12.0. The molecule has 0 radical (unpaired) electrons. The second-order valence-corrected chi connectivity index (χ2v) is 11.4. The number of rotatable bonds is 2. The van der Waals surface area contributed by atoms with Gasteiger partial charge in [0.05, 0.1) is 0 Å². The summed E-state index contributed by atoms with van der Waals surface area (Å²) in [5.74, 6) is 0. The number of pyridine rings is 1. The van der Waals surface area contributed by atoms with Gasteiger partial charge in [-0.05, 0) is 78.8 Å². The lowest BCUT2D eigenvalue weighted by Gasteiger charge is -2.18. The van der Waals surface area contributed by atoms with Crippen molar-refractivity contribution in [1.82, 2.24) is 9.38 Å². The van der Waals surface area contributed by atoms with Gasteiger partial charge in [0.2, 0.25) is 0 Å². The van der Waals surface area contributed by atoms with Gasteiger partial charge in [-0.25, -0.2) is 4.98 Å². The minimum absolute atomic E-state index is 0.983. The number of fused-ring (bicyclic) bond motifs is 8. The van der Waals surface area contributed by atoms with Crippen molar-refractivity contribution in [2.24, 2.45) is 0 Å². The van der Waals surface area contributed by atoms with E-state index in [-0.39, 0.29) is 0 Å². The molecule has 0 saturated carbocycles. The molecule has 2 nitrogen and oxygen atoms in total. The molecule has 0 aliphatic carbocycles. The van der Waals surface area contributed by atoms with Gasteiger partial charge in [0, 0.05) is 16.3 Å². The fourth-order valence-electron chi connectivity index (χ4n) is 6.40. The molecule has 0 amide bonds. The highest BCUT2D eigenvalue weighted by molar-refractivity contribution is 7.25. The second-order valence-electron chi connectivity index (χ2n) is 10.4. The van der Waals surface area contributed by atoms with E-state index in [1.54, 1.807) is 11.3 Å². The van der Waals surface area contributed by atoms with Gasteiger partial charge in [0.1, 0.15) is 16.0 Å². The molecule has 0 unspecified atom stereocenters. The fourth-order valence-corrected chi connectivity index (χ4v) is 7.54. The molecule has 0 aliphatic heterocycles. The van der Waals surface area contributed by atoms with Gasteiger partial charge in [0.15, 0.2) is 0 Å². The van der Waals surface area contributed by atoms with E-state index in [9.17, 15) is 0 Å². The van der Waals surface area contributed by atoms with Gasteiger partial charge in [-0.15, -0.1) is 11.3 Å². The maximum Gasteiger partial charge on any atom is 0.139 e. The number of thiophene rings is 1. The molecule has 9 aromatic rings. The zero-order valence-electron chi connectivity index (χ0n) is 21.5. The van der Waals surface area contributed by atoms with E-state index in [0.717, 1.165) is 11.2 Å². The number of benzene rings is 6. The molecule has 0 saturated heterocycles. The van der Waals surface area contributed by atoms with Crippen LogP contribution in [-0.2, 0) is 0 Å². The first-order valence-electron chi connectivity index (χ1n) is 13.6. The first-order valence-corrected chi connectivity index (χ1v) is 14.4. The Morgan fingerprint density at radius 2 is 1.07 bits per heavy atom. The molecule has 3 aromatic heterocycles. The number of nitrogens with zero attached hydrogens (tertiary/aromatic N) is 2. The Morgan fingerprint density at radius 3 is 1.77 bits per heavy atom. The molecule has 0 N–H and O–H groups in total. The number of aromatic nitrogens is 2. The Balaban J connectivity index is 1.35. The van der Waals surface area contributed by atoms with E-state index in [1.807, 2.05) is 0 Å². The van der Waals surface area contributed by atoms with Gasteiger partial charge in [-0.1, -0.05) is 103 Å². The zero-order valence-corrected chi connectivity index (χ0v) is 22.3. The fraction of sp³-hybridized carbons (Fsp3) is 0. The summed E-state index contributed by atoms with van der Waals surface area (Å²) in [4.78, 5) is 6.32. The van der Waals surface area contributed by atoms with Gasteiger partial charge >= 0.3 is 0 Å². The molecule has 186 valence electrons. The molecule has 0 spiro atoms. The molecule has 3 heterocycles. The van der Waals surface area contributed by atoms with Crippen molar-refractivity contribution in [3.8, 4) is 22.3 Å². The molecule has 40 heavy (non-hydrogen) atoms. The third-order valence-electron chi connectivity index (χ3n) is 8.19.